The van der Waals surface area contributed by atoms with E-state index in [0.29, 0.717) is 17.9 Å². The molecular formula is C21H34N2O3. The van der Waals surface area contributed by atoms with E-state index in [1.165, 1.54) is 12.0 Å². The number of rotatable bonds is 6. The van der Waals surface area contributed by atoms with Crippen LogP contribution in [0.2, 0.25) is 0 Å². The maximum Gasteiger partial charge on any atom is 0.223 e. The lowest BCUT2D eigenvalue weighted by atomic mass is 9.73. The summed E-state index contributed by atoms with van der Waals surface area (Å²) < 4.78 is 11.9. The Balaban J connectivity index is 1.32. The van der Waals surface area contributed by atoms with Crippen LogP contribution in [0.5, 0.6) is 0 Å². The number of carbonyl (C=O) groups is 1. The lowest BCUT2D eigenvalue weighted by Gasteiger charge is -2.30. The number of fused-ring (bicyclic) bond motifs is 1. The third-order valence-electron chi connectivity index (χ3n) is 6.96. The fraction of sp³-hybridized carbons (Fsp3) is 0.857. The molecule has 1 amide bonds. The topological polar surface area (TPSA) is 50.8 Å². The molecule has 4 aliphatic heterocycles. The predicted octanol–water partition coefficient (Wildman–Crippen LogP) is 2.36. The molecule has 1 spiro atoms. The van der Waals surface area contributed by atoms with E-state index >= 15 is 0 Å². The first-order chi connectivity index (χ1) is 12.6. The van der Waals surface area contributed by atoms with Crippen molar-refractivity contribution in [2.75, 3.05) is 39.4 Å². The molecule has 0 aliphatic carbocycles. The summed E-state index contributed by atoms with van der Waals surface area (Å²) in [5, 5.41) is 3.26. The molecule has 4 aliphatic rings. The summed E-state index contributed by atoms with van der Waals surface area (Å²) in [7, 11) is 0. The van der Waals surface area contributed by atoms with Crippen molar-refractivity contribution >= 4 is 5.91 Å². The summed E-state index contributed by atoms with van der Waals surface area (Å²) in [6.45, 7) is 9.89. The zero-order valence-corrected chi connectivity index (χ0v) is 16.3. The van der Waals surface area contributed by atoms with Crippen molar-refractivity contribution < 1.29 is 14.3 Å². The number of amides is 1. The quantitative estimate of drug-likeness (QED) is 0.737. The van der Waals surface area contributed by atoms with E-state index < -0.39 is 0 Å². The number of hydrogen-bond donors (Lipinski definition) is 1. The van der Waals surface area contributed by atoms with Gasteiger partial charge in [-0.15, -0.1) is 0 Å². The van der Waals surface area contributed by atoms with Crippen molar-refractivity contribution in [1.82, 2.24) is 10.2 Å². The standard InChI is InChI=1S/C21H34N2O3/c1-15(2)4-3-9-23-13-18-17(19-5-8-21(18,14-23)26-19)12-22-20(24)16-6-10-25-11-7-16/h4,16-19H,3,5-14H2,1-2H3,(H,22,24)/t17-,18+,19+,21+/m0/s1. The number of likely N-dealkylation sites (tertiary alicyclic amines) is 1. The van der Waals surface area contributed by atoms with Gasteiger partial charge in [-0.1, -0.05) is 11.6 Å². The Hall–Kier alpha value is -0.910. The second-order valence-corrected chi connectivity index (χ2v) is 8.97. The molecule has 146 valence electrons. The summed E-state index contributed by atoms with van der Waals surface area (Å²) in [5.74, 6) is 1.44. The lowest BCUT2D eigenvalue weighted by molar-refractivity contribution is -0.128. The SMILES string of the molecule is CC(C)=CCCN1C[C@@H]2[C@H](CNC(=O)C3CCOCC3)[C@H]3CC[C@]2(C1)O3. The second kappa shape index (κ2) is 7.61. The molecule has 26 heavy (non-hydrogen) atoms. The summed E-state index contributed by atoms with van der Waals surface area (Å²) in [4.78, 5) is 15.1. The molecule has 1 N–H and O–H groups in total. The van der Waals surface area contributed by atoms with Crippen LogP contribution in [0.3, 0.4) is 0 Å². The van der Waals surface area contributed by atoms with Crippen LogP contribution in [0.1, 0.15) is 46.0 Å². The van der Waals surface area contributed by atoms with E-state index in [4.69, 9.17) is 9.47 Å². The van der Waals surface area contributed by atoms with Gasteiger partial charge in [0.15, 0.2) is 0 Å². The number of allylic oxidation sites excluding steroid dienone is 1. The highest BCUT2D eigenvalue weighted by Crippen LogP contribution is 2.54. The van der Waals surface area contributed by atoms with Gasteiger partial charge in [-0.3, -0.25) is 9.69 Å². The van der Waals surface area contributed by atoms with E-state index in [1.54, 1.807) is 0 Å². The first-order valence-corrected chi connectivity index (χ1v) is 10.5. The minimum Gasteiger partial charge on any atom is -0.381 e. The highest BCUT2D eigenvalue weighted by atomic mass is 16.5. The van der Waals surface area contributed by atoms with Gasteiger partial charge in [0.2, 0.25) is 5.91 Å². The largest absolute Gasteiger partial charge is 0.381 e. The Morgan fingerprint density at radius 2 is 2.08 bits per heavy atom. The summed E-state index contributed by atoms with van der Waals surface area (Å²) >= 11 is 0. The fourth-order valence-electron chi connectivity index (χ4n) is 5.59. The number of nitrogens with zero attached hydrogens (tertiary/aromatic N) is 1. The van der Waals surface area contributed by atoms with Crippen LogP contribution in [0.15, 0.2) is 11.6 Å². The molecular weight excluding hydrogens is 328 g/mol. The Labute approximate surface area is 157 Å². The molecule has 4 rings (SSSR count). The molecule has 4 heterocycles. The molecule has 0 unspecified atom stereocenters. The molecule has 0 saturated carbocycles. The zero-order chi connectivity index (χ0) is 18.1. The molecule has 4 fully saturated rings. The molecule has 4 saturated heterocycles. The smallest absolute Gasteiger partial charge is 0.223 e. The maximum atomic E-state index is 12.5. The summed E-state index contributed by atoms with van der Waals surface area (Å²) in [6.07, 6.45) is 7.90. The van der Waals surface area contributed by atoms with Gasteiger partial charge >= 0.3 is 0 Å². The number of carbonyl (C=O) groups excluding carboxylic acids is 1. The van der Waals surface area contributed by atoms with Crippen LogP contribution in [0, 0.1) is 17.8 Å². The fourth-order valence-corrected chi connectivity index (χ4v) is 5.59. The second-order valence-electron chi connectivity index (χ2n) is 8.97. The minimum atomic E-state index is 0.0731. The van der Waals surface area contributed by atoms with Gasteiger partial charge in [0.05, 0.1) is 11.7 Å². The van der Waals surface area contributed by atoms with Gasteiger partial charge in [-0.05, 0) is 46.0 Å². The van der Waals surface area contributed by atoms with Gasteiger partial charge in [0.25, 0.3) is 0 Å². The van der Waals surface area contributed by atoms with Gasteiger partial charge in [0, 0.05) is 57.1 Å². The average Bonchev–Trinajstić information content (AvgIpc) is 3.28. The monoisotopic (exact) mass is 362 g/mol. The van der Waals surface area contributed by atoms with Crippen molar-refractivity contribution in [3.8, 4) is 0 Å². The molecule has 5 heteroatoms. The lowest BCUT2D eigenvalue weighted by Crippen LogP contribution is -2.43. The first-order valence-electron chi connectivity index (χ1n) is 10.5. The average molecular weight is 363 g/mol. The van der Waals surface area contributed by atoms with Crippen LogP contribution >= 0.6 is 0 Å². The van der Waals surface area contributed by atoms with E-state index in [0.717, 1.165) is 65.1 Å². The van der Waals surface area contributed by atoms with Crippen LogP contribution in [-0.4, -0.2) is 61.9 Å². The van der Waals surface area contributed by atoms with Crippen molar-refractivity contribution in [2.45, 2.75) is 57.7 Å². The zero-order valence-electron chi connectivity index (χ0n) is 16.3. The van der Waals surface area contributed by atoms with Crippen LogP contribution in [0.4, 0.5) is 0 Å². The third-order valence-corrected chi connectivity index (χ3v) is 6.96. The van der Waals surface area contributed by atoms with E-state index in [9.17, 15) is 4.79 Å². The molecule has 0 aromatic carbocycles. The number of hydrogen-bond acceptors (Lipinski definition) is 4. The van der Waals surface area contributed by atoms with Crippen LogP contribution in [0.25, 0.3) is 0 Å². The van der Waals surface area contributed by atoms with E-state index in [-0.39, 0.29) is 17.4 Å². The van der Waals surface area contributed by atoms with E-state index in [2.05, 4.69) is 30.1 Å². The molecule has 0 radical (unpaired) electrons. The van der Waals surface area contributed by atoms with Gasteiger partial charge < -0.3 is 14.8 Å². The van der Waals surface area contributed by atoms with Crippen molar-refractivity contribution in [3.05, 3.63) is 11.6 Å². The molecule has 0 aromatic rings. The first kappa shape index (κ1) is 18.5. The number of ether oxygens (including phenoxy) is 2. The predicted molar refractivity (Wildman–Crippen MR) is 101 cm³/mol. The summed E-state index contributed by atoms with van der Waals surface area (Å²) in [5.41, 5.74) is 1.47. The van der Waals surface area contributed by atoms with Crippen molar-refractivity contribution in [1.29, 1.82) is 0 Å². The Morgan fingerprint density at radius 3 is 2.85 bits per heavy atom. The Bertz CT molecular complexity index is 553. The minimum absolute atomic E-state index is 0.0731. The highest BCUT2D eigenvalue weighted by Gasteiger charge is 2.62. The molecule has 5 nitrogen and oxygen atoms in total. The van der Waals surface area contributed by atoms with Crippen LogP contribution in [-0.2, 0) is 14.3 Å². The molecule has 2 bridgehead atoms. The molecule has 0 aromatic heterocycles. The Morgan fingerprint density at radius 1 is 1.27 bits per heavy atom. The normalized spacial score (nSPS) is 36.9. The van der Waals surface area contributed by atoms with Crippen LogP contribution < -0.4 is 5.32 Å². The number of nitrogens with one attached hydrogen (secondary N) is 1. The third kappa shape index (κ3) is 3.58. The highest BCUT2D eigenvalue weighted by molar-refractivity contribution is 5.78. The summed E-state index contributed by atoms with van der Waals surface area (Å²) in [6, 6.07) is 0. The van der Waals surface area contributed by atoms with E-state index in [1.807, 2.05) is 0 Å². The molecule has 4 atom stereocenters. The van der Waals surface area contributed by atoms with Gasteiger partial charge in [0.1, 0.15) is 0 Å². The maximum absolute atomic E-state index is 12.5. The Kier molecular flexibility index (Phi) is 5.40. The van der Waals surface area contributed by atoms with Gasteiger partial charge in [-0.2, -0.15) is 0 Å². The van der Waals surface area contributed by atoms with Gasteiger partial charge in [-0.25, -0.2) is 0 Å². The van der Waals surface area contributed by atoms with Crippen molar-refractivity contribution in [2.24, 2.45) is 17.8 Å². The van der Waals surface area contributed by atoms with Crippen molar-refractivity contribution in [3.63, 3.8) is 0 Å².